The second-order valence-corrected chi connectivity index (χ2v) is 4.68. The van der Waals surface area contributed by atoms with Gasteiger partial charge in [-0.2, -0.15) is 0 Å². The minimum absolute atomic E-state index is 0.459. The summed E-state index contributed by atoms with van der Waals surface area (Å²) in [6.45, 7) is 0. The lowest BCUT2D eigenvalue weighted by Crippen LogP contribution is -2.29. The van der Waals surface area contributed by atoms with Crippen LogP contribution in [-0.2, 0) is 0 Å². The summed E-state index contributed by atoms with van der Waals surface area (Å²) >= 11 is 1.95. The van der Waals surface area contributed by atoms with Crippen molar-refractivity contribution in [2.45, 2.75) is 23.3 Å². The highest BCUT2D eigenvalue weighted by Gasteiger charge is 2.40. The summed E-state index contributed by atoms with van der Waals surface area (Å²) < 4.78 is 0. The SMILES string of the molecule is CNC1(CSc2ccccc2)CC1. The van der Waals surface area contributed by atoms with E-state index in [1.165, 1.54) is 23.5 Å². The molecule has 0 saturated heterocycles. The largest absolute Gasteiger partial charge is 0.313 e. The molecule has 1 aliphatic rings. The molecule has 1 aliphatic carbocycles. The molecule has 0 aromatic heterocycles. The van der Waals surface area contributed by atoms with E-state index < -0.39 is 0 Å². The van der Waals surface area contributed by atoms with Crippen LogP contribution in [0, 0.1) is 0 Å². The average molecular weight is 193 g/mol. The number of thioether (sulfide) groups is 1. The molecule has 0 spiro atoms. The van der Waals surface area contributed by atoms with Crippen LogP contribution in [0.4, 0.5) is 0 Å². The van der Waals surface area contributed by atoms with Crippen LogP contribution in [0.5, 0.6) is 0 Å². The van der Waals surface area contributed by atoms with Crippen LogP contribution in [0.25, 0.3) is 0 Å². The van der Waals surface area contributed by atoms with Crippen molar-refractivity contribution in [2.24, 2.45) is 0 Å². The van der Waals surface area contributed by atoms with Gasteiger partial charge in [0.2, 0.25) is 0 Å². The third kappa shape index (κ3) is 2.26. The first-order valence-electron chi connectivity index (χ1n) is 4.71. The normalized spacial score (nSPS) is 18.5. The molecule has 13 heavy (non-hydrogen) atoms. The van der Waals surface area contributed by atoms with Gasteiger partial charge >= 0.3 is 0 Å². The molecule has 0 radical (unpaired) electrons. The van der Waals surface area contributed by atoms with Crippen LogP contribution in [-0.4, -0.2) is 18.3 Å². The highest BCUT2D eigenvalue weighted by molar-refractivity contribution is 7.99. The Hall–Kier alpha value is -0.470. The molecular formula is C11H15NS. The zero-order valence-electron chi connectivity index (χ0n) is 7.92. The van der Waals surface area contributed by atoms with Gasteiger partial charge < -0.3 is 5.32 Å². The second kappa shape index (κ2) is 3.72. The molecule has 2 rings (SSSR count). The number of benzene rings is 1. The van der Waals surface area contributed by atoms with E-state index in [0.717, 1.165) is 0 Å². The molecule has 0 amide bonds. The van der Waals surface area contributed by atoms with E-state index in [-0.39, 0.29) is 0 Å². The molecule has 1 fully saturated rings. The third-order valence-corrected chi connectivity index (χ3v) is 3.94. The van der Waals surface area contributed by atoms with Crippen molar-refractivity contribution in [3.63, 3.8) is 0 Å². The molecule has 0 heterocycles. The van der Waals surface area contributed by atoms with Crippen LogP contribution < -0.4 is 5.32 Å². The Morgan fingerprint density at radius 1 is 1.31 bits per heavy atom. The molecular weight excluding hydrogens is 178 g/mol. The van der Waals surface area contributed by atoms with Crippen LogP contribution in [0.1, 0.15) is 12.8 Å². The van der Waals surface area contributed by atoms with Gasteiger partial charge in [-0.1, -0.05) is 18.2 Å². The quantitative estimate of drug-likeness (QED) is 0.737. The lowest BCUT2D eigenvalue weighted by Gasteiger charge is -2.12. The number of hydrogen-bond acceptors (Lipinski definition) is 2. The average Bonchev–Trinajstić information content (AvgIpc) is 2.97. The Morgan fingerprint density at radius 2 is 2.00 bits per heavy atom. The first kappa shape index (κ1) is 9.10. The Morgan fingerprint density at radius 3 is 2.54 bits per heavy atom. The highest BCUT2D eigenvalue weighted by atomic mass is 32.2. The first-order chi connectivity index (χ1) is 6.35. The molecule has 1 nitrogen and oxygen atoms in total. The minimum atomic E-state index is 0.459. The molecule has 0 unspecified atom stereocenters. The Kier molecular flexibility index (Phi) is 2.61. The summed E-state index contributed by atoms with van der Waals surface area (Å²) in [5.41, 5.74) is 0.459. The fraction of sp³-hybridized carbons (Fsp3) is 0.455. The highest BCUT2D eigenvalue weighted by Crippen LogP contribution is 2.39. The molecule has 70 valence electrons. The molecule has 2 heteroatoms. The summed E-state index contributed by atoms with van der Waals surface area (Å²) in [6.07, 6.45) is 2.67. The van der Waals surface area contributed by atoms with Gasteiger partial charge in [0, 0.05) is 16.2 Å². The van der Waals surface area contributed by atoms with Gasteiger partial charge in [0.05, 0.1) is 0 Å². The summed E-state index contributed by atoms with van der Waals surface area (Å²) in [5, 5.41) is 3.40. The van der Waals surface area contributed by atoms with Crippen LogP contribution in [0.3, 0.4) is 0 Å². The summed E-state index contributed by atoms with van der Waals surface area (Å²) in [5.74, 6) is 1.20. The lowest BCUT2D eigenvalue weighted by molar-refractivity contribution is 0.617. The molecule has 0 bridgehead atoms. The smallest absolute Gasteiger partial charge is 0.0273 e. The molecule has 0 aliphatic heterocycles. The van der Waals surface area contributed by atoms with Crippen molar-refractivity contribution in [2.75, 3.05) is 12.8 Å². The van der Waals surface area contributed by atoms with Crippen molar-refractivity contribution in [1.82, 2.24) is 5.32 Å². The molecule has 1 saturated carbocycles. The zero-order chi connectivity index (χ0) is 9.15. The summed E-state index contributed by atoms with van der Waals surface area (Å²) in [7, 11) is 2.07. The van der Waals surface area contributed by atoms with Gasteiger partial charge in [0.1, 0.15) is 0 Å². The van der Waals surface area contributed by atoms with Crippen molar-refractivity contribution in [1.29, 1.82) is 0 Å². The van der Waals surface area contributed by atoms with E-state index in [1.807, 2.05) is 11.8 Å². The number of hydrogen-bond donors (Lipinski definition) is 1. The Bertz CT molecular complexity index is 267. The van der Waals surface area contributed by atoms with Gasteiger partial charge in [-0.05, 0) is 32.0 Å². The summed E-state index contributed by atoms with van der Waals surface area (Å²) in [4.78, 5) is 1.38. The van der Waals surface area contributed by atoms with E-state index in [9.17, 15) is 0 Å². The van der Waals surface area contributed by atoms with Crippen molar-refractivity contribution >= 4 is 11.8 Å². The van der Waals surface area contributed by atoms with E-state index in [0.29, 0.717) is 5.54 Å². The fourth-order valence-corrected chi connectivity index (χ4v) is 2.58. The zero-order valence-corrected chi connectivity index (χ0v) is 8.73. The van der Waals surface area contributed by atoms with Crippen molar-refractivity contribution in [3.8, 4) is 0 Å². The van der Waals surface area contributed by atoms with Gasteiger partial charge in [0.25, 0.3) is 0 Å². The lowest BCUT2D eigenvalue weighted by atomic mass is 10.3. The number of rotatable bonds is 4. The summed E-state index contributed by atoms with van der Waals surface area (Å²) in [6, 6.07) is 10.6. The van der Waals surface area contributed by atoms with E-state index in [2.05, 4.69) is 42.7 Å². The maximum atomic E-state index is 3.40. The van der Waals surface area contributed by atoms with Crippen LogP contribution in [0.15, 0.2) is 35.2 Å². The van der Waals surface area contributed by atoms with Crippen molar-refractivity contribution < 1.29 is 0 Å². The predicted molar refractivity (Wildman–Crippen MR) is 58.2 cm³/mol. The standard InChI is InChI=1S/C11H15NS/c1-12-11(7-8-11)9-13-10-5-3-2-4-6-10/h2-6,12H,7-9H2,1H3. The maximum absolute atomic E-state index is 3.40. The minimum Gasteiger partial charge on any atom is -0.313 e. The van der Waals surface area contributed by atoms with Crippen LogP contribution in [0.2, 0.25) is 0 Å². The topological polar surface area (TPSA) is 12.0 Å². The molecule has 1 aromatic carbocycles. The molecule has 0 atom stereocenters. The number of nitrogens with one attached hydrogen (secondary N) is 1. The van der Waals surface area contributed by atoms with Gasteiger partial charge in [-0.25, -0.2) is 0 Å². The Labute approximate surface area is 83.9 Å². The molecule has 1 aromatic rings. The fourth-order valence-electron chi connectivity index (χ4n) is 1.36. The van der Waals surface area contributed by atoms with Gasteiger partial charge in [-0.3, -0.25) is 0 Å². The van der Waals surface area contributed by atoms with Gasteiger partial charge in [-0.15, -0.1) is 11.8 Å². The third-order valence-electron chi connectivity index (χ3n) is 2.64. The second-order valence-electron chi connectivity index (χ2n) is 3.63. The van der Waals surface area contributed by atoms with Crippen LogP contribution >= 0.6 is 11.8 Å². The Balaban J connectivity index is 1.86. The molecule has 1 N–H and O–H groups in total. The predicted octanol–water partition coefficient (Wildman–Crippen LogP) is 2.53. The van der Waals surface area contributed by atoms with E-state index in [4.69, 9.17) is 0 Å². The van der Waals surface area contributed by atoms with E-state index >= 15 is 0 Å². The van der Waals surface area contributed by atoms with E-state index in [1.54, 1.807) is 0 Å². The first-order valence-corrected chi connectivity index (χ1v) is 5.70. The maximum Gasteiger partial charge on any atom is 0.0273 e. The monoisotopic (exact) mass is 193 g/mol. The van der Waals surface area contributed by atoms with Crippen molar-refractivity contribution in [3.05, 3.63) is 30.3 Å². The van der Waals surface area contributed by atoms with Gasteiger partial charge in [0.15, 0.2) is 0 Å².